The molecule has 0 saturated heterocycles. The van der Waals surface area contributed by atoms with E-state index in [1.54, 1.807) is 37.6 Å². The van der Waals surface area contributed by atoms with Crippen molar-refractivity contribution >= 4 is 11.6 Å². The molecule has 1 aliphatic heterocycles. The summed E-state index contributed by atoms with van der Waals surface area (Å²) < 4.78 is 11.2. The molecule has 0 aliphatic carbocycles. The molecule has 0 fully saturated rings. The predicted molar refractivity (Wildman–Crippen MR) is 105 cm³/mol. The normalized spacial score (nSPS) is 16.4. The molecule has 1 atom stereocenters. The summed E-state index contributed by atoms with van der Waals surface area (Å²) in [6.07, 6.45) is 4.53. The molecule has 0 radical (unpaired) electrons. The molecule has 0 spiro atoms. The van der Waals surface area contributed by atoms with E-state index in [0.717, 1.165) is 12.0 Å². The second kappa shape index (κ2) is 8.14. The van der Waals surface area contributed by atoms with Gasteiger partial charge in [-0.1, -0.05) is 12.1 Å². The van der Waals surface area contributed by atoms with Gasteiger partial charge in [0.1, 0.15) is 0 Å². The van der Waals surface area contributed by atoms with E-state index in [1.165, 1.54) is 5.01 Å². The average Bonchev–Trinajstić information content (AvgIpc) is 2.67. The molecule has 0 saturated carbocycles. The Morgan fingerprint density at radius 3 is 2.59 bits per heavy atom. The van der Waals surface area contributed by atoms with Crippen LogP contribution in [0.1, 0.15) is 42.2 Å². The van der Waals surface area contributed by atoms with Gasteiger partial charge in [-0.15, -0.1) is 0 Å². The highest BCUT2D eigenvalue weighted by Crippen LogP contribution is 2.33. The number of ether oxygens (including phenoxy) is 2. The lowest BCUT2D eigenvalue weighted by Crippen LogP contribution is -2.43. The number of methoxy groups -OCH3 is 1. The lowest BCUT2D eigenvalue weighted by Gasteiger charge is -2.30. The number of hydrogen-bond acceptors (Lipinski definition) is 5. The zero-order valence-corrected chi connectivity index (χ0v) is 15.8. The summed E-state index contributed by atoms with van der Waals surface area (Å²) in [6, 6.07) is 12.7. The molecule has 6 heteroatoms. The standard InChI is InChI=1S/C21H25N3O3/c1-14(2)27-20-13-16(8-11-19(20)26-3)18-5-4-12-24(23-18)21(25)15-6-9-17(22)10-7-15/h4,6-14,18,23H,5,22H2,1-3H3. The van der Waals surface area contributed by atoms with Gasteiger partial charge in [-0.25, -0.2) is 10.4 Å². The summed E-state index contributed by atoms with van der Waals surface area (Å²) in [5.74, 6) is 1.24. The van der Waals surface area contributed by atoms with Crippen LogP contribution in [-0.2, 0) is 0 Å². The molecule has 2 aromatic carbocycles. The molecule has 27 heavy (non-hydrogen) atoms. The van der Waals surface area contributed by atoms with Crippen molar-refractivity contribution in [1.82, 2.24) is 10.4 Å². The number of carbonyl (C=O) groups is 1. The Morgan fingerprint density at radius 2 is 1.93 bits per heavy atom. The van der Waals surface area contributed by atoms with Crippen LogP contribution in [0.3, 0.4) is 0 Å². The van der Waals surface area contributed by atoms with Gasteiger partial charge in [0.15, 0.2) is 11.5 Å². The van der Waals surface area contributed by atoms with Crippen LogP contribution >= 0.6 is 0 Å². The number of nitrogens with one attached hydrogen (secondary N) is 1. The summed E-state index contributed by atoms with van der Waals surface area (Å²) >= 11 is 0. The number of nitrogen functional groups attached to an aromatic ring is 1. The number of hydrogen-bond donors (Lipinski definition) is 2. The molecule has 0 bridgehead atoms. The first-order valence-corrected chi connectivity index (χ1v) is 8.94. The first-order chi connectivity index (χ1) is 13.0. The van der Waals surface area contributed by atoms with Crippen LogP contribution in [0.25, 0.3) is 0 Å². The van der Waals surface area contributed by atoms with Crippen LogP contribution < -0.4 is 20.6 Å². The van der Waals surface area contributed by atoms with E-state index in [4.69, 9.17) is 15.2 Å². The first-order valence-electron chi connectivity index (χ1n) is 8.94. The lowest BCUT2D eigenvalue weighted by molar-refractivity contribution is 0.0713. The summed E-state index contributed by atoms with van der Waals surface area (Å²) in [6.45, 7) is 3.95. The van der Waals surface area contributed by atoms with Crippen LogP contribution in [0, 0.1) is 0 Å². The Hall–Kier alpha value is -2.99. The van der Waals surface area contributed by atoms with E-state index in [9.17, 15) is 4.79 Å². The molecule has 1 aliphatic rings. The van der Waals surface area contributed by atoms with Crippen molar-refractivity contribution in [3.05, 3.63) is 65.9 Å². The second-order valence-electron chi connectivity index (χ2n) is 6.68. The van der Waals surface area contributed by atoms with E-state index in [-0.39, 0.29) is 18.1 Å². The third kappa shape index (κ3) is 4.41. The molecule has 1 amide bonds. The Labute approximate surface area is 159 Å². The van der Waals surface area contributed by atoms with Gasteiger partial charge >= 0.3 is 0 Å². The van der Waals surface area contributed by atoms with Crippen molar-refractivity contribution in [1.29, 1.82) is 0 Å². The van der Waals surface area contributed by atoms with Gasteiger partial charge in [-0.2, -0.15) is 0 Å². The van der Waals surface area contributed by atoms with Gasteiger partial charge in [-0.05, 0) is 62.2 Å². The molecule has 3 N–H and O–H groups in total. The maximum absolute atomic E-state index is 12.7. The fourth-order valence-corrected chi connectivity index (χ4v) is 2.92. The number of nitrogens with zero attached hydrogens (tertiary/aromatic N) is 1. The maximum atomic E-state index is 12.7. The molecular formula is C21H25N3O3. The summed E-state index contributed by atoms with van der Waals surface area (Å²) in [7, 11) is 1.62. The van der Waals surface area contributed by atoms with E-state index in [1.807, 2.05) is 38.1 Å². The van der Waals surface area contributed by atoms with Crippen molar-refractivity contribution in [2.45, 2.75) is 32.4 Å². The van der Waals surface area contributed by atoms with Crippen molar-refractivity contribution in [3.8, 4) is 11.5 Å². The van der Waals surface area contributed by atoms with Gasteiger partial charge < -0.3 is 15.2 Å². The average molecular weight is 367 g/mol. The van der Waals surface area contributed by atoms with Gasteiger partial charge in [0.05, 0.1) is 19.3 Å². The number of carbonyl (C=O) groups excluding carboxylic acids is 1. The van der Waals surface area contributed by atoms with Gasteiger partial charge in [0.2, 0.25) is 0 Å². The summed E-state index contributed by atoms with van der Waals surface area (Å²) in [5.41, 5.74) is 11.2. The van der Waals surface area contributed by atoms with Gasteiger partial charge in [0, 0.05) is 17.5 Å². The molecule has 1 unspecified atom stereocenters. The number of benzene rings is 2. The van der Waals surface area contributed by atoms with Gasteiger partial charge in [-0.3, -0.25) is 4.79 Å². The van der Waals surface area contributed by atoms with Crippen LogP contribution in [0.15, 0.2) is 54.7 Å². The van der Waals surface area contributed by atoms with E-state index < -0.39 is 0 Å². The largest absolute Gasteiger partial charge is 0.493 e. The Kier molecular flexibility index (Phi) is 5.66. The third-order valence-corrected chi connectivity index (χ3v) is 4.25. The topological polar surface area (TPSA) is 76.8 Å². The summed E-state index contributed by atoms with van der Waals surface area (Å²) in [5, 5.41) is 1.51. The molecule has 142 valence electrons. The van der Waals surface area contributed by atoms with Crippen LogP contribution in [0.4, 0.5) is 5.69 Å². The molecule has 1 heterocycles. The van der Waals surface area contributed by atoms with Crippen LogP contribution in [0.2, 0.25) is 0 Å². The molecule has 3 rings (SSSR count). The maximum Gasteiger partial charge on any atom is 0.272 e. The van der Waals surface area contributed by atoms with Crippen molar-refractivity contribution in [2.24, 2.45) is 0 Å². The lowest BCUT2D eigenvalue weighted by atomic mass is 10.0. The minimum atomic E-state index is -0.136. The first kappa shape index (κ1) is 18.8. The Morgan fingerprint density at radius 1 is 1.19 bits per heavy atom. The molecule has 6 nitrogen and oxygen atoms in total. The fourth-order valence-electron chi connectivity index (χ4n) is 2.92. The minimum absolute atomic E-state index is 0.0388. The highest BCUT2D eigenvalue weighted by molar-refractivity contribution is 5.94. The molecule has 2 aromatic rings. The zero-order chi connectivity index (χ0) is 19.4. The van der Waals surface area contributed by atoms with Gasteiger partial charge in [0.25, 0.3) is 5.91 Å². The van der Waals surface area contributed by atoms with Crippen molar-refractivity contribution in [3.63, 3.8) is 0 Å². The van der Waals surface area contributed by atoms with E-state index in [0.29, 0.717) is 22.7 Å². The third-order valence-electron chi connectivity index (χ3n) is 4.25. The number of anilines is 1. The predicted octanol–water partition coefficient (Wildman–Crippen LogP) is 3.67. The highest BCUT2D eigenvalue weighted by atomic mass is 16.5. The van der Waals surface area contributed by atoms with Crippen molar-refractivity contribution in [2.75, 3.05) is 12.8 Å². The minimum Gasteiger partial charge on any atom is -0.493 e. The smallest absolute Gasteiger partial charge is 0.272 e. The van der Waals surface area contributed by atoms with Crippen molar-refractivity contribution < 1.29 is 14.3 Å². The zero-order valence-electron chi connectivity index (χ0n) is 15.8. The Bertz CT molecular complexity index is 831. The SMILES string of the molecule is COc1ccc(C2CC=CN(C(=O)c3ccc(N)cc3)N2)cc1OC(C)C. The quantitative estimate of drug-likeness (QED) is 0.789. The monoisotopic (exact) mass is 367 g/mol. The van der Waals surface area contributed by atoms with E-state index in [2.05, 4.69) is 5.43 Å². The van der Waals surface area contributed by atoms with Crippen LogP contribution in [-0.4, -0.2) is 24.1 Å². The summed E-state index contributed by atoms with van der Waals surface area (Å²) in [4.78, 5) is 12.7. The fraction of sp³-hybridized carbons (Fsp3) is 0.286. The Balaban J connectivity index is 1.79. The number of hydrazine groups is 1. The highest BCUT2D eigenvalue weighted by Gasteiger charge is 2.23. The van der Waals surface area contributed by atoms with E-state index >= 15 is 0 Å². The van der Waals surface area contributed by atoms with Crippen LogP contribution in [0.5, 0.6) is 11.5 Å². The number of rotatable bonds is 5. The second-order valence-corrected chi connectivity index (χ2v) is 6.68. The number of amides is 1. The number of nitrogens with two attached hydrogens (primary N) is 1. The molecule has 0 aromatic heterocycles. The molecular weight excluding hydrogens is 342 g/mol.